The van der Waals surface area contributed by atoms with E-state index < -0.39 is 47.9 Å². The highest BCUT2D eigenvalue weighted by Gasteiger charge is 2.63. The molecule has 1 unspecified atom stereocenters. The summed E-state index contributed by atoms with van der Waals surface area (Å²) in [4.78, 5) is 23.5. The minimum atomic E-state index is -1.24. The molecular formula is C12H18O7. The Morgan fingerprint density at radius 1 is 1.00 bits per heavy atom. The lowest BCUT2D eigenvalue weighted by atomic mass is 10.00. The molecule has 108 valence electrons. The molecule has 2 aliphatic rings. The van der Waals surface area contributed by atoms with Crippen molar-refractivity contribution in [2.45, 2.75) is 37.9 Å². The van der Waals surface area contributed by atoms with Gasteiger partial charge in [-0.15, -0.1) is 0 Å². The zero-order chi connectivity index (χ0) is 14.4. The Balaban J connectivity index is 2.33. The van der Waals surface area contributed by atoms with Crippen LogP contribution < -0.4 is 0 Å². The Kier molecular flexibility index (Phi) is 3.55. The summed E-state index contributed by atoms with van der Waals surface area (Å²) in [6.45, 7) is 3.36. The van der Waals surface area contributed by atoms with Gasteiger partial charge in [0.05, 0.1) is 20.3 Å². The van der Waals surface area contributed by atoms with Gasteiger partial charge < -0.3 is 24.1 Å². The van der Waals surface area contributed by atoms with E-state index in [0.29, 0.717) is 0 Å². The maximum Gasteiger partial charge on any atom is 0.314 e. The third-order valence-electron chi connectivity index (χ3n) is 3.55. The highest BCUT2D eigenvalue weighted by molar-refractivity contribution is 5.80. The van der Waals surface area contributed by atoms with Crippen LogP contribution in [0.15, 0.2) is 0 Å². The average molecular weight is 274 g/mol. The quantitative estimate of drug-likeness (QED) is 0.676. The monoisotopic (exact) mass is 274 g/mol. The number of aliphatic hydroxyl groups excluding tert-OH is 1. The molecule has 7 heteroatoms. The van der Waals surface area contributed by atoms with Crippen LogP contribution in [-0.4, -0.2) is 55.4 Å². The normalized spacial score (nSPS) is 39.7. The summed E-state index contributed by atoms with van der Waals surface area (Å²) in [7, 11) is 2.44. The Hall–Kier alpha value is -1.18. The van der Waals surface area contributed by atoms with Gasteiger partial charge in [-0.25, -0.2) is 0 Å². The van der Waals surface area contributed by atoms with Gasteiger partial charge in [-0.3, -0.25) is 9.59 Å². The van der Waals surface area contributed by atoms with Gasteiger partial charge in [0.25, 0.3) is 0 Å². The maximum atomic E-state index is 11.8. The van der Waals surface area contributed by atoms with Crippen molar-refractivity contribution in [2.75, 3.05) is 14.2 Å². The summed E-state index contributed by atoms with van der Waals surface area (Å²) in [5.74, 6) is -4.10. The molecule has 1 N–H and O–H groups in total. The summed E-state index contributed by atoms with van der Waals surface area (Å²) in [5, 5.41) is 10.2. The smallest absolute Gasteiger partial charge is 0.314 e. The minimum Gasteiger partial charge on any atom is -0.469 e. The molecule has 0 radical (unpaired) electrons. The molecule has 19 heavy (non-hydrogen) atoms. The Labute approximate surface area is 110 Å². The largest absolute Gasteiger partial charge is 0.469 e. The second kappa shape index (κ2) is 4.73. The van der Waals surface area contributed by atoms with E-state index in [1.807, 2.05) is 0 Å². The van der Waals surface area contributed by atoms with E-state index in [9.17, 15) is 14.7 Å². The molecule has 0 bridgehead atoms. The number of hydrogen-bond acceptors (Lipinski definition) is 7. The van der Waals surface area contributed by atoms with Crippen LogP contribution in [0.1, 0.15) is 13.8 Å². The molecule has 7 nitrogen and oxygen atoms in total. The fraction of sp³-hybridized carbons (Fsp3) is 0.833. The Morgan fingerprint density at radius 3 is 1.68 bits per heavy atom. The van der Waals surface area contributed by atoms with Gasteiger partial charge in [0, 0.05) is 0 Å². The first-order valence-electron chi connectivity index (χ1n) is 6.01. The fourth-order valence-electron chi connectivity index (χ4n) is 2.80. The Morgan fingerprint density at radius 2 is 1.37 bits per heavy atom. The minimum absolute atomic E-state index is 0.629. The van der Waals surface area contributed by atoms with Crippen molar-refractivity contribution in [3.8, 4) is 0 Å². The molecule has 2 rings (SSSR count). The molecule has 0 aromatic heterocycles. The zero-order valence-electron chi connectivity index (χ0n) is 11.3. The van der Waals surface area contributed by atoms with Crippen molar-refractivity contribution in [3.05, 3.63) is 0 Å². The van der Waals surface area contributed by atoms with Crippen LogP contribution in [-0.2, 0) is 28.5 Å². The van der Waals surface area contributed by atoms with Gasteiger partial charge in [0.15, 0.2) is 5.79 Å². The lowest BCUT2D eigenvalue weighted by molar-refractivity contribution is -0.186. The molecule has 1 heterocycles. The summed E-state index contributed by atoms with van der Waals surface area (Å²) in [6.07, 6.45) is -2.69. The Bertz CT molecular complexity index is 358. The van der Waals surface area contributed by atoms with Crippen LogP contribution in [0.2, 0.25) is 0 Å². The van der Waals surface area contributed by atoms with E-state index in [4.69, 9.17) is 9.47 Å². The first-order chi connectivity index (χ1) is 8.82. The van der Waals surface area contributed by atoms with Crippen LogP contribution in [0.3, 0.4) is 0 Å². The van der Waals surface area contributed by atoms with Crippen LogP contribution in [0, 0.1) is 11.8 Å². The van der Waals surface area contributed by atoms with Crippen LogP contribution in [0.5, 0.6) is 0 Å². The van der Waals surface area contributed by atoms with Crippen molar-refractivity contribution in [1.29, 1.82) is 0 Å². The summed E-state index contributed by atoms with van der Waals surface area (Å²) in [5.41, 5.74) is 0. The summed E-state index contributed by atoms with van der Waals surface area (Å²) < 4.78 is 20.5. The van der Waals surface area contributed by atoms with Crippen LogP contribution in [0.25, 0.3) is 0 Å². The number of carbonyl (C=O) groups is 2. The number of fused-ring (bicyclic) bond motifs is 1. The van der Waals surface area contributed by atoms with E-state index in [0.717, 1.165) is 0 Å². The molecule has 0 aromatic rings. The van der Waals surface area contributed by atoms with Crippen molar-refractivity contribution in [1.82, 2.24) is 0 Å². The van der Waals surface area contributed by atoms with Gasteiger partial charge in [-0.2, -0.15) is 0 Å². The predicted octanol–water partition coefficient (Wildman–Crippen LogP) is -0.541. The summed E-state index contributed by atoms with van der Waals surface area (Å²) in [6, 6.07) is 0. The maximum absolute atomic E-state index is 11.8. The van der Waals surface area contributed by atoms with Crippen LogP contribution in [0.4, 0.5) is 0 Å². The lowest BCUT2D eigenvalue weighted by Crippen LogP contribution is -2.39. The van der Waals surface area contributed by atoms with Gasteiger partial charge in [0.1, 0.15) is 24.0 Å². The first kappa shape index (κ1) is 14.2. The predicted molar refractivity (Wildman–Crippen MR) is 60.8 cm³/mol. The third kappa shape index (κ3) is 2.22. The highest BCUT2D eigenvalue weighted by Crippen LogP contribution is 2.45. The van der Waals surface area contributed by atoms with E-state index in [2.05, 4.69) is 9.47 Å². The second-order valence-electron chi connectivity index (χ2n) is 5.15. The SMILES string of the molecule is COC(=O)[C@@H]1C(O)[C@H](C(=O)OC)[C@H]2OC(C)(C)O[C@H]21. The highest BCUT2D eigenvalue weighted by atomic mass is 16.8. The molecular weight excluding hydrogens is 256 g/mol. The van der Waals surface area contributed by atoms with E-state index in [-0.39, 0.29) is 0 Å². The number of aliphatic hydroxyl groups is 1. The van der Waals surface area contributed by atoms with Crippen molar-refractivity contribution in [3.63, 3.8) is 0 Å². The molecule has 5 atom stereocenters. The first-order valence-corrected chi connectivity index (χ1v) is 6.01. The molecule has 0 spiro atoms. The number of esters is 2. The molecule has 0 amide bonds. The molecule has 1 saturated carbocycles. The van der Waals surface area contributed by atoms with E-state index in [1.165, 1.54) is 14.2 Å². The number of rotatable bonds is 2. The van der Waals surface area contributed by atoms with E-state index in [1.54, 1.807) is 13.8 Å². The van der Waals surface area contributed by atoms with Gasteiger partial charge >= 0.3 is 11.9 Å². The van der Waals surface area contributed by atoms with Crippen molar-refractivity contribution < 1.29 is 33.6 Å². The number of carbonyl (C=O) groups excluding carboxylic acids is 2. The molecule has 1 aliphatic carbocycles. The number of ether oxygens (including phenoxy) is 4. The van der Waals surface area contributed by atoms with Gasteiger partial charge in [-0.1, -0.05) is 0 Å². The summed E-state index contributed by atoms with van der Waals surface area (Å²) >= 11 is 0. The van der Waals surface area contributed by atoms with Crippen LogP contribution >= 0.6 is 0 Å². The average Bonchev–Trinajstić information content (AvgIpc) is 2.76. The number of hydrogen-bond donors (Lipinski definition) is 1. The second-order valence-corrected chi connectivity index (χ2v) is 5.15. The lowest BCUT2D eigenvalue weighted by Gasteiger charge is -2.25. The number of methoxy groups -OCH3 is 2. The van der Waals surface area contributed by atoms with Crippen molar-refractivity contribution in [2.24, 2.45) is 11.8 Å². The molecule has 1 aliphatic heterocycles. The fourth-order valence-corrected chi connectivity index (χ4v) is 2.80. The van der Waals surface area contributed by atoms with E-state index >= 15 is 0 Å². The standard InChI is InChI=1S/C12H18O7/c1-12(2)18-8-5(10(14)16-3)7(13)6(9(8)19-12)11(15)17-4/h5-9,13H,1-4H3/t5-,6+,7?,8+,9-. The van der Waals surface area contributed by atoms with Gasteiger partial charge in [0.2, 0.25) is 0 Å². The van der Waals surface area contributed by atoms with Gasteiger partial charge in [-0.05, 0) is 13.8 Å². The molecule has 1 saturated heterocycles. The topological polar surface area (TPSA) is 91.3 Å². The van der Waals surface area contributed by atoms with Crippen molar-refractivity contribution >= 4 is 11.9 Å². The third-order valence-corrected chi connectivity index (χ3v) is 3.55. The zero-order valence-corrected chi connectivity index (χ0v) is 11.3. The molecule has 0 aromatic carbocycles. The molecule has 2 fully saturated rings.